The van der Waals surface area contributed by atoms with Gasteiger partial charge in [0.05, 0.1) is 0 Å². The van der Waals surface area contributed by atoms with E-state index in [1.165, 1.54) is 24.2 Å². The van der Waals surface area contributed by atoms with Gasteiger partial charge in [0.15, 0.2) is 0 Å². The molecule has 0 bridgehead atoms. The number of hydrogen-bond donors (Lipinski definition) is 1. The number of likely N-dealkylation sites (N-methyl/N-ethyl adjacent to an activating group) is 1. The van der Waals surface area contributed by atoms with E-state index in [0.717, 1.165) is 13.1 Å². The van der Waals surface area contributed by atoms with Gasteiger partial charge in [0.25, 0.3) is 0 Å². The lowest BCUT2D eigenvalue weighted by Crippen LogP contribution is -2.32. The van der Waals surface area contributed by atoms with E-state index in [2.05, 4.69) is 55.3 Å². The molecule has 1 fully saturated rings. The van der Waals surface area contributed by atoms with Gasteiger partial charge in [-0.2, -0.15) is 0 Å². The molecule has 0 radical (unpaired) electrons. The van der Waals surface area contributed by atoms with Gasteiger partial charge in [-0.25, -0.2) is 0 Å². The van der Waals surface area contributed by atoms with Gasteiger partial charge in [0.2, 0.25) is 0 Å². The Morgan fingerprint density at radius 1 is 1.35 bits per heavy atom. The van der Waals surface area contributed by atoms with E-state index in [-0.39, 0.29) is 0 Å². The zero-order valence-corrected chi connectivity index (χ0v) is 11.2. The number of benzene rings is 1. The molecule has 1 aromatic rings. The largest absolute Gasteiger partial charge is 0.370 e. The molecule has 1 aliphatic rings. The third-order valence-electron chi connectivity index (χ3n) is 3.58. The highest BCUT2D eigenvalue weighted by Gasteiger charge is 2.23. The SMILES string of the molecule is CCNC1CCN(c2ccccc2C(C)C)C1. The Bertz CT molecular complexity index is 360. The molecule has 94 valence electrons. The van der Waals surface area contributed by atoms with Crippen molar-refractivity contribution in [3.8, 4) is 0 Å². The van der Waals surface area contributed by atoms with Crippen LogP contribution in [0.3, 0.4) is 0 Å². The monoisotopic (exact) mass is 232 g/mol. The van der Waals surface area contributed by atoms with E-state index in [1.54, 1.807) is 0 Å². The van der Waals surface area contributed by atoms with Crippen molar-refractivity contribution in [1.29, 1.82) is 0 Å². The molecule has 1 aliphatic heterocycles. The highest BCUT2D eigenvalue weighted by molar-refractivity contribution is 5.55. The lowest BCUT2D eigenvalue weighted by Gasteiger charge is -2.23. The second-order valence-electron chi connectivity index (χ2n) is 5.20. The molecule has 1 saturated heterocycles. The predicted molar refractivity (Wildman–Crippen MR) is 74.8 cm³/mol. The van der Waals surface area contributed by atoms with E-state index in [4.69, 9.17) is 0 Å². The first-order valence-corrected chi connectivity index (χ1v) is 6.79. The van der Waals surface area contributed by atoms with Gasteiger partial charge in [-0.1, -0.05) is 39.0 Å². The molecule has 1 N–H and O–H groups in total. The molecule has 1 atom stereocenters. The molecule has 0 aliphatic carbocycles. The Kier molecular flexibility index (Phi) is 4.06. The van der Waals surface area contributed by atoms with E-state index >= 15 is 0 Å². The molecule has 0 spiro atoms. The smallest absolute Gasteiger partial charge is 0.0401 e. The van der Waals surface area contributed by atoms with Crippen LogP contribution in [0.2, 0.25) is 0 Å². The molecule has 0 saturated carbocycles. The zero-order valence-electron chi connectivity index (χ0n) is 11.2. The lowest BCUT2D eigenvalue weighted by molar-refractivity contribution is 0.572. The first-order valence-electron chi connectivity index (χ1n) is 6.79. The Labute approximate surface area is 105 Å². The first-order chi connectivity index (χ1) is 8.22. The minimum atomic E-state index is 0.601. The Morgan fingerprint density at radius 2 is 2.12 bits per heavy atom. The average molecular weight is 232 g/mol. The summed E-state index contributed by atoms with van der Waals surface area (Å²) in [7, 11) is 0. The summed E-state index contributed by atoms with van der Waals surface area (Å²) in [5, 5.41) is 3.55. The fourth-order valence-corrected chi connectivity index (χ4v) is 2.70. The fourth-order valence-electron chi connectivity index (χ4n) is 2.70. The third kappa shape index (κ3) is 2.81. The Hall–Kier alpha value is -1.02. The average Bonchev–Trinajstić information content (AvgIpc) is 2.78. The summed E-state index contributed by atoms with van der Waals surface area (Å²) < 4.78 is 0. The molecule has 2 heteroatoms. The zero-order chi connectivity index (χ0) is 12.3. The summed E-state index contributed by atoms with van der Waals surface area (Å²) in [5.41, 5.74) is 2.91. The molecule has 0 amide bonds. The van der Waals surface area contributed by atoms with Crippen molar-refractivity contribution in [2.75, 3.05) is 24.5 Å². The second-order valence-corrected chi connectivity index (χ2v) is 5.20. The van der Waals surface area contributed by atoms with Gasteiger partial charge >= 0.3 is 0 Å². The molecule has 1 heterocycles. The van der Waals surface area contributed by atoms with Gasteiger partial charge < -0.3 is 10.2 Å². The molecule has 1 unspecified atom stereocenters. The molecule has 2 rings (SSSR count). The number of rotatable bonds is 4. The number of nitrogens with zero attached hydrogens (tertiary/aromatic N) is 1. The summed E-state index contributed by atoms with van der Waals surface area (Å²) in [6.07, 6.45) is 1.26. The number of hydrogen-bond acceptors (Lipinski definition) is 2. The molecule has 17 heavy (non-hydrogen) atoms. The Morgan fingerprint density at radius 3 is 2.82 bits per heavy atom. The summed E-state index contributed by atoms with van der Waals surface area (Å²) in [4.78, 5) is 2.53. The quantitative estimate of drug-likeness (QED) is 0.858. The Balaban J connectivity index is 2.13. The van der Waals surface area contributed by atoms with Crippen molar-refractivity contribution in [2.45, 2.75) is 39.2 Å². The van der Waals surface area contributed by atoms with Crippen molar-refractivity contribution >= 4 is 5.69 Å². The van der Waals surface area contributed by atoms with Gasteiger partial charge in [-0.15, -0.1) is 0 Å². The van der Waals surface area contributed by atoms with Crippen molar-refractivity contribution in [3.05, 3.63) is 29.8 Å². The van der Waals surface area contributed by atoms with Crippen LogP contribution in [0.25, 0.3) is 0 Å². The minimum Gasteiger partial charge on any atom is -0.370 e. The summed E-state index contributed by atoms with van der Waals surface area (Å²) in [6.45, 7) is 10.1. The maximum absolute atomic E-state index is 3.55. The maximum Gasteiger partial charge on any atom is 0.0401 e. The predicted octanol–water partition coefficient (Wildman–Crippen LogP) is 3.00. The van der Waals surface area contributed by atoms with Crippen LogP contribution < -0.4 is 10.2 Å². The van der Waals surface area contributed by atoms with Crippen molar-refractivity contribution < 1.29 is 0 Å². The van der Waals surface area contributed by atoms with Crippen LogP contribution in [-0.2, 0) is 0 Å². The van der Waals surface area contributed by atoms with Crippen LogP contribution in [0.4, 0.5) is 5.69 Å². The van der Waals surface area contributed by atoms with E-state index in [0.29, 0.717) is 12.0 Å². The van der Waals surface area contributed by atoms with Crippen LogP contribution >= 0.6 is 0 Å². The second kappa shape index (κ2) is 5.54. The van der Waals surface area contributed by atoms with Crippen LogP contribution in [-0.4, -0.2) is 25.7 Å². The summed E-state index contributed by atoms with van der Waals surface area (Å²) in [5.74, 6) is 0.601. The highest BCUT2D eigenvalue weighted by atomic mass is 15.2. The topological polar surface area (TPSA) is 15.3 Å². The standard InChI is InChI=1S/C15H24N2/c1-4-16-13-9-10-17(11-13)15-8-6-5-7-14(15)12(2)3/h5-8,12-13,16H,4,9-11H2,1-3H3. The summed E-state index contributed by atoms with van der Waals surface area (Å²) >= 11 is 0. The van der Waals surface area contributed by atoms with Gasteiger partial charge in [-0.3, -0.25) is 0 Å². The maximum atomic E-state index is 3.55. The van der Waals surface area contributed by atoms with Crippen LogP contribution in [0.5, 0.6) is 0 Å². The normalized spacial score (nSPS) is 20.2. The van der Waals surface area contributed by atoms with E-state index < -0.39 is 0 Å². The van der Waals surface area contributed by atoms with E-state index in [1.807, 2.05) is 0 Å². The van der Waals surface area contributed by atoms with Crippen molar-refractivity contribution in [3.63, 3.8) is 0 Å². The van der Waals surface area contributed by atoms with Gasteiger partial charge in [-0.05, 0) is 30.5 Å². The lowest BCUT2D eigenvalue weighted by atomic mass is 10.0. The number of para-hydroxylation sites is 1. The fraction of sp³-hybridized carbons (Fsp3) is 0.600. The van der Waals surface area contributed by atoms with Crippen LogP contribution in [0.15, 0.2) is 24.3 Å². The minimum absolute atomic E-state index is 0.601. The van der Waals surface area contributed by atoms with Gasteiger partial charge in [0.1, 0.15) is 0 Å². The molecular formula is C15H24N2. The number of nitrogens with one attached hydrogen (secondary N) is 1. The first kappa shape index (κ1) is 12.4. The molecule has 0 aromatic heterocycles. The van der Waals surface area contributed by atoms with Crippen molar-refractivity contribution in [2.24, 2.45) is 0 Å². The van der Waals surface area contributed by atoms with Crippen LogP contribution in [0.1, 0.15) is 38.7 Å². The number of anilines is 1. The van der Waals surface area contributed by atoms with Crippen molar-refractivity contribution in [1.82, 2.24) is 5.32 Å². The van der Waals surface area contributed by atoms with E-state index in [9.17, 15) is 0 Å². The highest BCUT2D eigenvalue weighted by Crippen LogP contribution is 2.29. The van der Waals surface area contributed by atoms with Crippen LogP contribution in [0, 0.1) is 0 Å². The molecule has 1 aromatic carbocycles. The molecule has 2 nitrogen and oxygen atoms in total. The summed E-state index contributed by atoms with van der Waals surface area (Å²) in [6, 6.07) is 9.50. The van der Waals surface area contributed by atoms with Gasteiger partial charge in [0, 0.05) is 24.8 Å². The molecular weight excluding hydrogens is 208 g/mol. The third-order valence-corrected chi connectivity index (χ3v) is 3.58.